The first kappa shape index (κ1) is 14.4. The average molecular weight is 264 g/mol. The molecular weight excluding hydrogens is 244 g/mol. The molecule has 17 heavy (non-hydrogen) atoms. The number of carbonyl (C=O) groups excluding carboxylic acids is 1. The standard InChI is InChI=1S/C10H20N2O4S/c1-17(14,15)12-7-6-11-10(13)8-16-9-4-2-3-5-9/h9,12H,2-8H2,1H3,(H,11,13). The van der Waals surface area contributed by atoms with Crippen molar-refractivity contribution in [2.45, 2.75) is 31.8 Å². The quantitative estimate of drug-likeness (QED) is 0.613. The number of hydrogen-bond donors (Lipinski definition) is 2. The summed E-state index contributed by atoms with van der Waals surface area (Å²) in [7, 11) is -3.18. The van der Waals surface area contributed by atoms with E-state index in [-0.39, 0.29) is 31.7 Å². The van der Waals surface area contributed by atoms with Gasteiger partial charge in [0.15, 0.2) is 0 Å². The number of rotatable bonds is 7. The van der Waals surface area contributed by atoms with Crippen molar-refractivity contribution in [1.82, 2.24) is 10.0 Å². The Labute approximate surface area is 102 Å². The summed E-state index contributed by atoms with van der Waals surface area (Å²) >= 11 is 0. The van der Waals surface area contributed by atoms with Crippen LogP contribution in [0.4, 0.5) is 0 Å². The van der Waals surface area contributed by atoms with Crippen LogP contribution in [0.5, 0.6) is 0 Å². The molecule has 0 heterocycles. The third-order valence-corrected chi connectivity index (χ3v) is 3.29. The second-order valence-corrected chi connectivity index (χ2v) is 6.07. The van der Waals surface area contributed by atoms with E-state index < -0.39 is 10.0 Å². The van der Waals surface area contributed by atoms with E-state index in [1.807, 2.05) is 0 Å². The Balaban J connectivity index is 2.01. The van der Waals surface area contributed by atoms with E-state index in [1.165, 1.54) is 12.8 Å². The predicted molar refractivity (Wildman–Crippen MR) is 64.1 cm³/mol. The molecule has 0 aromatic heterocycles. The summed E-state index contributed by atoms with van der Waals surface area (Å²) in [6.07, 6.45) is 5.70. The van der Waals surface area contributed by atoms with Crippen LogP contribution in [-0.2, 0) is 19.6 Å². The first-order chi connectivity index (χ1) is 7.97. The molecule has 1 fully saturated rings. The van der Waals surface area contributed by atoms with Crippen LogP contribution in [-0.4, -0.2) is 46.4 Å². The molecule has 0 spiro atoms. The fraction of sp³-hybridized carbons (Fsp3) is 0.900. The number of carbonyl (C=O) groups is 1. The highest BCUT2D eigenvalue weighted by atomic mass is 32.2. The van der Waals surface area contributed by atoms with Gasteiger partial charge in [-0.25, -0.2) is 13.1 Å². The van der Waals surface area contributed by atoms with Crippen LogP contribution in [0.3, 0.4) is 0 Å². The normalized spacial score (nSPS) is 17.2. The number of ether oxygens (including phenoxy) is 1. The zero-order valence-electron chi connectivity index (χ0n) is 10.1. The predicted octanol–water partition coefficient (Wildman–Crippen LogP) is -0.389. The number of sulfonamides is 1. The molecule has 1 rings (SSSR count). The van der Waals surface area contributed by atoms with Gasteiger partial charge in [-0.15, -0.1) is 0 Å². The lowest BCUT2D eigenvalue weighted by molar-refractivity contribution is -0.127. The average Bonchev–Trinajstić information content (AvgIpc) is 2.73. The molecule has 2 N–H and O–H groups in total. The summed E-state index contributed by atoms with van der Waals surface area (Å²) in [5.74, 6) is -0.202. The van der Waals surface area contributed by atoms with E-state index in [0.29, 0.717) is 0 Å². The molecule has 1 saturated carbocycles. The molecule has 1 amide bonds. The Hall–Kier alpha value is -0.660. The lowest BCUT2D eigenvalue weighted by atomic mass is 10.3. The van der Waals surface area contributed by atoms with Crippen molar-refractivity contribution >= 4 is 15.9 Å². The molecule has 1 aliphatic carbocycles. The molecule has 6 nitrogen and oxygen atoms in total. The van der Waals surface area contributed by atoms with Gasteiger partial charge >= 0.3 is 0 Å². The van der Waals surface area contributed by atoms with Crippen molar-refractivity contribution in [3.8, 4) is 0 Å². The third-order valence-electron chi connectivity index (χ3n) is 2.56. The second-order valence-electron chi connectivity index (χ2n) is 4.23. The zero-order valence-corrected chi connectivity index (χ0v) is 10.9. The van der Waals surface area contributed by atoms with Gasteiger partial charge in [0.25, 0.3) is 0 Å². The monoisotopic (exact) mass is 264 g/mol. The molecule has 0 aromatic carbocycles. The summed E-state index contributed by atoms with van der Waals surface area (Å²) in [6.45, 7) is 0.539. The maximum absolute atomic E-state index is 11.3. The Morgan fingerprint density at radius 3 is 2.53 bits per heavy atom. The molecule has 7 heteroatoms. The topological polar surface area (TPSA) is 84.5 Å². The van der Waals surface area contributed by atoms with Crippen molar-refractivity contribution in [1.29, 1.82) is 0 Å². The van der Waals surface area contributed by atoms with Crippen LogP contribution in [0.25, 0.3) is 0 Å². The minimum atomic E-state index is -3.18. The summed E-state index contributed by atoms with van der Waals surface area (Å²) in [5, 5.41) is 2.59. The van der Waals surface area contributed by atoms with Gasteiger partial charge < -0.3 is 10.1 Å². The third kappa shape index (κ3) is 7.30. The van der Waals surface area contributed by atoms with Gasteiger partial charge in [0, 0.05) is 13.1 Å². The minimum absolute atomic E-state index is 0.0591. The highest BCUT2D eigenvalue weighted by Crippen LogP contribution is 2.20. The van der Waals surface area contributed by atoms with E-state index >= 15 is 0 Å². The molecule has 100 valence electrons. The highest BCUT2D eigenvalue weighted by Gasteiger charge is 2.16. The van der Waals surface area contributed by atoms with Crippen molar-refractivity contribution in [2.24, 2.45) is 0 Å². The molecule has 0 unspecified atom stereocenters. The summed E-state index contributed by atoms with van der Waals surface area (Å²) in [6, 6.07) is 0. The molecule has 0 saturated heterocycles. The van der Waals surface area contributed by atoms with Gasteiger partial charge in [-0.3, -0.25) is 4.79 Å². The Morgan fingerprint density at radius 1 is 1.29 bits per heavy atom. The molecule has 0 bridgehead atoms. The summed E-state index contributed by atoms with van der Waals surface area (Å²) in [4.78, 5) is 11.3. The smallest absolute Gasteiger partial charge is 0.246 e. The maximum atomic E-state index is 11.3. The fourth-order valence-corrected chi connectivity index (χ4v) is 2.21. The van der Waals surface area contributed by atoms with Gasteiger partial charge in [0.1, 0.15) is 6.61 Å². The zero-order chi connectivity index (χ0) is 12.7. The molecule has 0 radical (unpaired) electrons. The SMILES string of the molecule is CS(=O)(=O)NCCNC(=O)COC1CCCC1. The van der Waals surface area contributed by atoms with Crippen molar-refractivity contribution in [3.05, 3.63) is 0 Å². The molecule has 1 aliphatic rings. The molecular formula is C10H20N2O4S. The minimum Gasteiger partial charge on any atom is -0.368 e. The van der Waals surface area contributed by atoms with Crippen molar-refractivity contribution in [3.63, 3.8) is 0 Å². The van der Waals surface area contributed by atoms with Gasteiger partial charge in [0.05, 0.1) is 12.4 Å². The first-order valence-corrected chi connectivity index (χ1v) is 7.69. The van der Waals surface area contributed by atoms with Gasteiger partial charge in [-0.1, -0.05) is 12.8 Å². The van der Waals surface area contributed by atoms with Crippen molar-refractivity contribution < 1.29 is 17.9 Å². The van der Waals surface area contributed by atoms with Crippen LogP contribution < -0.4 is 10.0 Å². The summed E-state index contributed by atoms with van der Waals surface area (Å²) in [5.41, 5.74) is 0. The van der Waals surface area contributed by atoms with Crippen molar-refractivity contribution in [2.75, 3.05) is 26.0 Å². The van der Waals surface area contributed by atoms with Crippen LogP contribution in [0.15, 0.2) is 0 Å². The Bertz CT molecular complexity index is 336. The Kier molecular flexibility index (Phi) is 5.87. The number of amides is 1. The highest BCUT2D eigenvalue weighted by molar-refractivity contribution is 7.88. The second kappa shape index (κ2) is 6.93. The van der Waals surface area contributed by atoms with E-state index in [0.717, 1.165) is 19.1 Å². The van der Waals surface area contributed by atoms with Gasteiger partial charge in [0.2, 0.25) is 15.9 Å². The maximum Gasteiger partial charge on any atom is 0.246 e. The van der Waals surface area contributed by atoms with Gasteiger partial charge in [-0.2, -0.15) is 0 Å². The summed E-state index contributed by atoms with van der Waals surface area (Å²) < 4.78 is 29.2. The lowest BCUT2D eigenvalue weighted by Crippen LogP contribution is -2.36. The van der Waals surface area contributed by atoms with Crippen LogP contribution in [0.2, 0.25) is 0 Å². The number of nitrogens with one attached hydrogen (secondary N) is 2. The lowest BCUT2D eigenvalue weighted by Gasteiger charge is -2.11. The van der Waals surface area contributed by atoms with E-state index in [2.05, 4.69) is 10.0 Å². The van der Waals surface area contributed by atoms with Crippen LogP contribution >= 0.6 is 0 Å². The molecule has 0 aliphatic heterocycles. The largest absolute Gasteiger partial charge is 0.368 e. The fourth-order valence-electron chi connectivity index (χ4n) is 1.74. The molecule has 0 atom stereocenters. The van der Waals surface area contributed by atoms with Crippen LogP contribution in [0, 0.1) is 0 Å². The van der Waals surface area contributed by atoms with Gasteiger partial charge in [-0.05, 0) is 12.8 Å². The Morgan fingerprint density at radius 2 is 1.94 bits per heavy atom. The van der Waals surface area contributed by atoms with E-state index in [9.17, 15) is 13.2 Å². The van der Waals surface area contributed by atoms with Crippen LogP contribution in [0.1, 0.15) is 25.7 Å². The molecule has 0 aromatic rings. The first-order valence-electron chi connectivity index (χ1n) is 5.80. The van der Waals surface area contributed by atoms with E-state index in [1.54, 1.807) is 0 Å². The number of hydrogen-bond acceptors (Lipinski definition) is 4. The van der Waals surface area contributed by atoms with E-state index in [4.69, 9.17) is 4.74 Å².